The maximum Gasteiger partial charge on any atom is 0.224 e. The summed E-state index contributed by atoms with van der Waals surface area (Å²) in [6.45, 7) is 8.21. The van der Waals surface area contributed by atoms with Crippen LogP contribution in [0.4, 0.5) is 5.69 Å². The molecule has 0 unspecified atom stereocenters. The fraction of sp³-hybridized carbons (Fsp3) is 0.120. The zero-order valence-electron chi connectivity index (χ0n) is 36.4. The van der Waals surface area contributed by atoms with Gasteiger partial charge in [-0.15, -0.1) is 22.7 Å². The molecular formula is C50H38N14OS2. The van der Waals surface area contributed by atoms with E-state index in [1.807, 2.05) is 75.2 Å². The predicted octanol–water partition coefficient (Wildman–Crippen LogP) is 11.6. The molecule has 11 heterocycles. The molecule has 0 atom stereocenters. The number of imidazole rings is 2. The summed E-state index contributed by atoms with van der Waals surface area (Å²) in [4.78, 5) is 55.3. The lowest BCUT2D eigenvalue weighted by Gasteiger charge is -2.15. The summed E-state index contributed by atoms with van der Waals surface area (Å²) in [6.07, 6.45) is 16.6. The van der Waals surface area contributed by atoms with E-state index in [9.17, 15) is 4.79 Å². The molecule has 67 heavy (non-hydrogen) atoms. The summed E-state index contributed by atoms with van der Waals surface area (Å²) >= 11 is 3.26. The van der Waals surface area contributed by atoms with Gasteiger partial charge in [-0.2, -0.15) is 10.2 Å². The summed E-state index contributed by atoms with van der Waals surface area (Å²) in [5, 5.41) is 25.2. The first-order valence-corrected chi connectivity index (χ1v) is 23.3. The normalized spacial score (nSPS) is 11.8. The number of aryl methyl sites for hydroxylation is 1. The van der Waals surface area contributed by atoms with Crippen molar-refractivity contribution in [3.05, 3.63) is 120 Å². The van der Waals surface area contributed by atoms with Gasteiger partial charge < -0.3 is 15.3 Å². The van der Waals surface area contributed by atoms with E-state index >= 15 is 0 Å². The van der Waals surface area contributed by atoms with Crippen LogP contribution < -0.4 is 5.32 Å². The number of carbonyl (C=O) groups excluding carboxylic acids is 1. The van der Waals surface area contributed by atoms with Crippen molar-refractivity contribution in [2.75, 3.05) is 5.32 Å². The van der Waals surface area contributed by atoms with Crippen molar-refractivity contribution in [1.82, 2.24) is 65.3 Å². The van der Waals surface area contributed by atoms with Crippen LogP contribution in [0.2, 0.25) is 0 Å². The third kappa shape index (κ3) is 6.94. The number of fused-ring (bicyclic) bond motifs is 4. The maximum absolute atomic E-state index is 12.9. The van der Waals surface area contributed by atoms with Crippen molar-refractivity contribution in [1.29, 1.82) is 0 Å². The Morgan fingerprint density at radius 2 is 1.43 bits per heavy atom. The fourth-order valence-electron chi connectivity index (χ4n) is 8.87. The first-order valence-electron chi connectivity index (χ1n) is 21.6. The van der Waals surface area contributed by atoms with Crippen molar-refractivity contribution < 1.29 is 4.79 Å². The molecule has 0 bridgehead atoms. The Kier molecular flexibility index (Phi) is 9.61. The summed E-state index contributed by atoms with van der Waals surface area (Å²) in [5.41, 5.74) is 16.0. The number of aromatic amines is 4. The Morgan fingerprint density at radius 1 is 0.687 bits per heavy atom. The summed E-state index contributed by atoms with van der Waals surface area (Å²) in [7, 11) is 0. The van der Waals surface area contributed by atoms with Gasteiger partial charge in [0.2, 0.25) is 5.91 Å². The lowest BCUT2D eigenvalue weighted by atomic mass is 9.89. The molecule has 12 rings (SSSR count). The van der Waals surface area contributed by atoms with Gasteiger partial charge in [-0.25, -0.2) is 9.97 Å². The fourth-order valence-corrected chi connectivity index (χ4v) is 10.5. The van der Waals surface area contributed by atoms with Crippen LogP contribution in [0.3, 0.4) is 0 Å². The van der Waals surface area contributed by atoms with Crippen molar-refractivity contribution in [3.8, 4) is 77.4 Å². The van der Waals surface area contributed by atoms with Gasteiger partial charge in [0.25, 0.3) is 0 Å². The molecule has 17 heteroatoms. The molecular weight excluding hydrogens is 877 g/mol. The second-order valence-electron chi connectivity index (χ2n) is 16.9. The summed E-state index contributed by atoms with van der Waals surface area (Å²) < 4.78 is 0. The molecule has 0 radical (unpaired) electrons. The van der Waals surface area contributed by atoms with Gasteiger partial charge in [0.05, 0.1) is 58.2 Å². The third-order valence-corrected chi connectivity index (χ3v) is 13.9. The number of carbonyl (C=O) groups is 1. The number of thiophene rings is 2. The quantitative estimate of drug-likeness (QED) is 0.0876. The van der Waals surface area contributed by atoms with E-state index in [-0.39, 0.29) is 11.8 Å². The van der Waals surface area contributed by atoms with Crippen molar-refractivity contribution in [3.63, 3.8) is 0 Å². The number of rotatable bonds is 10. The van der Waals surface area contributed by atoms with E-state index in [2.05, 4.69) is 70.9 Å². The molecule has 0 saturated carbocycles. The predicted molar refractivity (Wildman–Crippen MR) is 265 cm³/mol. The standard InChI is InChI=1S/C50H38N14OS2/c1-24(2)12-41(65)56-28-13-27(16-52-17-28)30-14-32-45(62-64-47(32)50-57-38-21-53-19-34(43(38)59-50)40-6-5-10-66-40)42(26(30)4)29-8-11-67-48(29)35-20-54-22-39-44(35)60-49(58-39)46-31-15-36(55-23-37(31)61-63-46)33-18-51-9-7-25(33)3/h5-11,13-24H,12H2,1-4H3,(H,56,65)(H,57,59)(H,58,60)(H,61,63)(H,62,64). The van der Waals surface area contributed by atoms with E-state index in [0.717, 1.165) is 109 Å². The number of pyridine rings is 5. The van der Waals surface area contributed by atoms with Crippen LogP contribution in [0, 0.1) is 19.8 Å². The second-order valence-corrected chi connectivity index (χ2v) is 18.7. The molecule has 0 aliphatic heterocycles. The van der Waals surface area contributed by atoms with E-state index in [4.69, 9.17) is 30.1 Å². The number of hydrogen-bond acceptors (Lipinski definition) is 12. The molecule has 11 aromatic heterocycles. The first-order chi connectivity index (χ1) is 32.8. The molecule has 1 amide bonds. The highest BCUT2D eigenvalue weighted by Gasteiger charge is 2.26. The van der Waals surface area contributed by atoms with Crippen LogP contribution >= 0.6 is 22.7 Å². The minimum Gasteiger partial charge on any atom is -0.335 e. The van der Waals surface area contributed by atoms with Crippen LogP contribution in [0.5, 0.6) is 0 Å². The van der Waals surface area contributed by atoms with Gasteiger partial charge in [-0.05, 0) is 83.6 Å². The zero-order chi connectivity index (χ0) is 45.3. The summed E-state index contributed by atoms with van der Waals surface area (Å²) in [5.74, 6) is 1.36. The van der Waals surface area contributed by atoms with Crippen molar-refractivity contribution in [2.24, 2.45) is 5.92 Å². The minimum absolute atomic E-state index is 0.0606. The minimum atomic E-state index is -0.0606. The second kappa shape index (κ2) is 16.0. The summed E-state index contributed by atoms with van der Waals surface area (Å²) in [6, 6.07) is 14.3. The van der Waals surface area contributed by atoms with E-state index in [1.54, 1.807) is 53.7 Å². The molecule has 0 aliphatic carbocycles. The number of H-pyrrole nitrogens is 4. The number of hydrogen-bond donors (Lipinski definition) is 5. The third-order valence-electron chi connectivity index (χ3n) is 12.0. The lowest BCUT2D eigenvalue weighted by Crippen LogP contribution is -2.14. The molecule has 0 fully saturated rings. The molecule has 0 spiro atoms. The van der Waals surface area contributed by atoms with Crippen LogP contribution in [0.1, 0.15) is 31.4 Å². The monoisotopic (exact) mass is 914 g/mol. The molecule has 0 saturated heterocycles. The topological polar surface area (TPSA) is 208 Å². The van der Waals surface area contributed by atoms with Crippen LogP contribution in [-0.4, -0.2) is 71.2 Å². The number of aromatic nitrogens is 13. The molecule has 0 aliphatic rings. The molecule has 5 N–H and O–H groups in total. The Hall–Kier alpha value is -8.28. The Morgan fingerprint density at radius 3 is 2.21 bits per heavy atom. The van der Waals surface area contributed by atoms with Crippen LogP contribution in [0.25, 0.3) is 121 Å². The number of nitrogens with one attached hydrogen (secondary N) is 5. The maximum atomic E-state index is 12.9. The van der Waals surface area contributed by atoms with Gasteiger partial charge in [0.1, 0.15) is 22.4 Å². The lowest BCUT2D eigenvalue weighted by molar-refractivity contribution is -0.116. The van der Waals surface area contributed by atoms with Crippen molar-refractivity contribution >= 4 is 78.1 Å². The number of nitrogens with zero attached hydrogens (tertiary/aromatic N) is 9. The Bertz CT molecular complexity index is 3870. The molecule has 15 nitrogen and oxygen atoms in total. The van der Waals surface area contributed by atoms with E-state index in [0.29, 0.717) is 35.1 Å². The van der Waals surface area contributed by atoms with Crippen molar-refractivity contribution in [2.45, 2.75) is 34.1 Å². The highest BCUT2D eigenvalue weighted by atomic mass is 32.1. The van der Waals surface area contributed by atoms with Crippen LogP contribution in [-0.2, 0) is 4.79 Å². The van der Waals surface area contributed by atoms with Crippen LogP contribution in [0.15, 0.2) is 109 Å². The Labute approximate surface area is 389 Å². The largest absolute Gasteiger partial charge is 0.335 e. The van der Waals surface area contributed by atoms with Gasteiger partial charge in [0.15, 0.2) is 11.6 Å². The smallest absolute Gasteiger partial charge is 0.224 e. The highest BCUT2D eigenvalue weighted by molar-refractivity contribution is 7.14. The molecule has 12 aromatic rings. The van der Waals surface area contributed by atoms with Gasteiger partial charge >= 0.3 is 0 Å². The molecule has 326 valence electrons. The Balaban J connectivity index is 1.02. The van der Waals surface area contributed by atoms with Gasteiger partial charge in [0, 0.05) is 91.3 Å². The number of benzene rings is 1. The van der Waals surface area contributed by atoms with Gasteiger partial charge in [-0.1, -0.05) is 19.9 Å². The van der Waals surface area contributed by atoms with Gasteiger partial charge in [-0.3, -0.25) is 39.9 Å². The zero-order valence-corrected chi connectivity index (χ0v) is 38.1. The SMILES string of the molecule is Cc1ccncc1-c1cc2c(-c3nc4c(-c5sccc5-c5c(C)c(-c6cncc(NC(=O)CC(C)C)c6)cc6c(-c7nc8c(-c9cccs9)cncc8[nH]7)n[nH]c56)cncc4[nH]3)n[nH]c2cn1. The number of amides is 1. The van der Waals surface area contributed by atoms with E-state index < -0.39 is 0 Å². The first kappa shape index (κ1) is 40.2. The molecule has 1 aromatic carbocycles. The highest BCUT2D eigenvalue weighted by Crippen LogP contribution is 2.47. The average Bonchev–Trinajstić information content (AvgIpc) is 4.19. The average molecular weight is 915 g/mol. The number of anilines is 1. The van der Waals surface area contributed by atoms with E-state index in [1.165, 1.54) is 0 Å².